The van der Waals surface area contributed by atoms with E-state index in [4.69, 9.17) is 39.4 Å². The molecular formula is C80H144O16. The first kappa shape index (κ1) is 97.1. The smallest absolute Gasteiger partial charge is 0.306 e. The van der Waals surface area contributed by atoms with Gasteiger partial charge in [0.25, 0.3) is 0 Å². The van der Waals surface area contributed by atoms with Gasteiger partial charge in [0, 0.05) is 51.4 Å². The average molecular weight is 1360 g/mol. The molecule has 0 aromatic carbocycles. The maximum Gasteiger partial charge on any atom is 0.306 e. The van der Waals surface area contributed by atoms with Gasteiger partial charge in [-0.25, -0.2) is 0 Å². The lowest BCUT2D eigenvalue weighted by Crippen LogP contribution is -2.18. The van der Waals surface area contributed by atoms with Crippen LogP contribution in [0, 0.1) is 0 Å². The molecule has 4 atom stereocenters. The topological polar surface area (TPSA) is 254 Å². The number of ether oxygens (including phenoxy) is 4. The largest absolute Gasteiger partial charge is 0.481 e. The monoisotopic (exact) mass is 1360 g/mol. The first-order valence-electron chi connectivity index (χ1n) is 38.6. The zero-order valence-corrected chi connectivity index (χ0v) is 62.4. The highest BCUT2D eigenvalue weighted by atomic mass is 16.6. The highest BCUT2D eigenvalue weighted by Gasteiger charge is 2.18. The van der Waals surface area contributed by atoms with E-state index in [1.807, 2.05) is 0 Å². The molecule has 96 heavy (non-hydrogen) atoms. The zero-order chi connectivity index (χ0) is 72.2. The van der Waals surface area contributed by atoms with Gasteiger partial charge >= 0.3 is 47.8 Å². The first-order valence-corrected chi connectivity index (χ1v) is 38.6. The summed E-state index contributed by atoms with van der Waals surface area (Å²) in [5.41, 5.74) is 0. The number of aliphatic carboxylic acids is 4. The summed E-state index contributed by atoms with van der Waals surface area (Å²) < 4.78 is 22.4. The second-order valence-electron chi connectivity index (χ2n) is 25.6. The maximum atomic E-state index is 12.0. The summed E-state index contributed by atoms with van der Waals surface area (Å²) in [6.07, 6.45) is 62.0. The van der Waals surface area contributed by atoms with Gasteiger partial charge in [0.15, 0.2) is 0 Å². The Morgan fingerprint density at radius 1 is 0.219 bits per heavy atom. The Labute approximate surface area is 585 Å². The number of carbonyl (C=O) groups excluding carboxylic acids is 4. The van der Waals surface area contributed by atoms with E-state index in [0.29, 0.717) is 51.4 Å². The van der Waals surface area contributed by atoms with Crippen LogP contribution >= 0.6 is 0 Å². The summed E-state index contributed by atoms with van der Waals surface area (Å²) >= 11 is 0. The highest BCUT2D eigenvalue weighted by Crippen LogP contribution is 2.20. The van der Waals surface area contributed by atoms with Crippen molar-refractivity contribution in [2.75, 3.05) is 0 Å². The lowest BCUT2D eigenvalue weighted by molar-refractivity contribution is -0.151. The van der Waals surface area contributed by atoms with Crippen LogP contribution in [-0.2, 0) is 57.3 Å². The fourth-order valence-corrected chi connectivity index (χ4v) is 10.0. The molecule has 0 saturated heterocycles. The summed E-state index contributed by atoms with van der Waals surface area (Å²) in [6.45, 7) is 17.2. The Kier molecular flexibility index (Phi) is 79.6. The number of rotatable bonds is 64. The molecule has 0 saturated carbocycles. The molecule has 0 aliphatic rings. The fourth-order valence-electron chi connectivity index (χ4n) is 10.0. The fraction of sp³-hybridized carbons (Fsp3) is 0.800. The van der Waals surface area contributed by atoms with E-state index in [1.165, 1.54) is 51.4 Å². The third-order valence-electron chi connectivity index (χ3n) is 15.9. The summed E-state index contributed by atoms with van der Waals surface area (Å²) in [7, 11) is 0. The van der Waals surface area contributed by atoms with Crippen LogP contribution in [0.2, 0.25) is 0 Å². The second-order valence-corrected chi connectivity index (χ2v) is 25.6. The van der Waals surface area contributed by atoms with Gasteiger partial charge in [0.1, 0.15) is 24.4 Å². The van der Waals surface area contributed by atoms with E-state index in [2.05, 4.69) is 104 Å². The molecular weight excluding hydrogens is 1220 g/mol. The van der Waals surface area contributed by atoms with Crippen molar-refractivity contribution in [3.63, 3.8) is 0 Å². The Balaban J connectivity index is -0.000000588. The van der Waals surface area contributed by atoms with Crippen LogP contribution in [0.1, 0.15) is 389 Å². The molecule has 4 unspecified atom stereocenters. The summed E-state index contributed by atoms with van der Waals surface area (Å²) in [4.78, 5) is 89.9. The molecule has 560 valence electrons. The van der Waals surface area contributed by atoms with Crippen LogP contribution in [0.5, 0.6) is 0 Å². The second kappa shape index (κ2) is 78.7. The molecule has 16 nitrogen and oxygen atoms in total. The SMILES string of the molecule is CCCCC=CCCCC(=O)OC(CCCC)CCCCC(=O)O.CCCCC=CCCCC(=O)OC(CCCC)CCCCC(=O)O.CCCCC=CCCCC(=O)OC(CCCC)CCCCC(=O)O.CCCCC=CCCCC(=O)OC(CCCC)CCCCC(=O)O. The van der Waals surface area contributed by atoms with E-state index < -0.39 is 23.9 Å². The summed E-state index contributed by atoms with van der Waals surface area (Å²) in [5, 5.41) is 34.7. The van der Waals surface area contributed by atoms with Gasteiger partial charge in [-0.2, -0.15) is 0 Å². The molecule has 0 radical (unpaired) electrons. The Bertz CT molecular complexity index is 1670. The first-order chi connectivity index (χ1) is 46.4. The Morgan fingerprint density at radius 2 is 0.375 bits per heavy atom. The van der Waals surface area contributed by atoms with Crippen LogP contribution in [0.25, 0.3) is 0 Å². The predicted octanol–water partition coefficient (Wildman–Crippen LogP) is 22.6. The van der Waals surface area contributed by atoms with Crippen molar-refractivity contribution in [3.8, 4) is 0 Å². The average Bonchev–Trinajstić information content (AvgIpc) is 2.35. The number of carbonyl (C=O) groups is 8. The third-order valence-corrected chi connectivity index (χ3v) is 15.9. The molecule has 0 aromatic rings. The minimum absolute atomic E-state index is 0.0497. The lowest BCUT2D eigenvalue weighted by Gasteiger charge is -2.17. The van der Waals surface area contributed by atoms with Crippen LogP contribution in [0.3, 0.4) is 0 Å². The minimum Gasteiger partial charge on any atom is -0.481 e. The van der Waals surface area contributed by atoms with Crippen molar-refractivity contribution in [2.45, 2.75) is 414 Å². The molecule has 0 amide bonds. The van der Waals surface area contributed by atoms with E-state index in [9.17, 15) is 38.4 Å². The quantitative estimate of drug-likeness (QED) is 0.0191. The normalized spacial score (nSPS) is 12.4. The molecule has 0 bridgehead atoms. The Hall–Kier alpha value is -5.28. The molecule has 0 heterocycles. The number of allylic oxidation sites excluding steroid dienone is 8. The van der Waals surface area contributed by atoms with Gasteiger partial charge in [0.05, 0.1) is 0 Å². The molecule has 0 spiro atoms. The minimum atomic E-state index is -0.760. The molecule has 4 N–H and O–H groups in total. The molecule has 0 aliphatic carbocycles. The molecule has 0 aromatic heterocycles. The lowest BCUT2D eigenvalue weighted by atomic mass is 10.0. The number of hydrogen-bond donors (Lipinski definition) is 4. The van der Waals surface area contributed by atoms with Crippen molar-refractivity contribution in [1.82, 2.24) is 0 Å². The van der Waals surface area contributed by atoms with Gasteiger partial charge < -0.3 is 39.4 Å². The molecule has 0 rings (SSSR count). The van der Waals surface area contributed by atoms with E-state index in [-0.39, 0.29) is 74.0 Å². The van der Waals surface area contributed by atoms with Crippen LogP contribution in [0.4, 0.5) is 0 Å². The summed E-state index contributed by atoms with van der Waals surface area (Å²) in [6, 6.07) is 0. The van der Waals surface area contributed by atoms with E-state index >= 15 is 0 Å². The van der Waals surface area contributed by atoms with Crippen LogP contribution < -0.4 is 0 Å². The van der Waals surface area contributed by atoms with Crippen molar-refractivity contribution in [3.05, 3.63) is 48.6 Å². The Morgan fingerprint density at radius 3 is 0.531 bits per heavy atom. The van der Waals surface area contributed by atoms with Crippen molar-refractivity contribution in [1.29, 1.82) is 0 Å². The zero-order valence-electron chi connectivity index (χ0n) is 62.4. The van der Waals surface area contributed by atoms with Crippen molar-refractivity contribution in [2.24, 2.45) is 0 Å². The van der Waals surface area contributed by atoms with Crippen LogP contribution in [-0.4, -0.2) is 92.6 Å². The van der Waals surface area contributed by atoms with Gasteiger partial charge in [-0.3, -0.25) is 38.4 Å². The van der Waals surface area contributed by atoms with E-state index in [1.54, 1.807) is 0 Å². The predicted molar refractivity (Wildman–Crippen MR) is 392 cm³/mol. The van der Waals surface area contributed by atoms with Crippen molar-refractivity contribution < 1.29 is 77.7 Å². The number of carboxylic acid groups (broad SMARTS) is 4. The molecule has 0 aliphatic heterocycles. The van der Waals surface area contributed by atoms with Crippen molar-refractivity contribution >= 4 is 47.8 Å². The highest BCUT2D eigenvalue weighted by molar-refractivity contribution is 5.71. The van der Waals surface area contributed by atoms with E-state index in [0.717, 1.165) is 205 Å². The van der Waals surface area contributed by atoms with Gasteiger partial charge in [0.2, 0.25) is 0 Å². The number of esters is 4. The van der Waals surface area contributed by atoms with Gasteiger partial charge in [-0.05, 0) is 180 Å². The maximum absolute atomic E-state index is 12.0. The molecule has 0 fully saturated rings. The number of carboxylic acids is 4. The number of unbranched alkanes of at least 4 members (excludes halogenated alkanes) is 20. The molecule has 16 heteroatoms. The summed E-state index contributed by atoms with van der Waals surface area (Å²) in [5.74, 6) is -3.50. The van der Waals surface area contributed by atoms with Gasteiger partial charge in [-0.1, -0.05) is 207 Å². The standard InChI is InChI=1S/4C20H36O4/c4*1-3-5-7-8-9-10-11-17-20(23)24-18(14-6-4-2)15-12-13-16-19(21)22/h4*8-9,18H,3-7,10-17H2,1-2H3,(H,21,22). The number of hydrogen-bond acceptors (Lipinski definition) is 12. The van der Waals surface area contributed by atoms with Crippen LogP contribution in [0.15, 0.2) is 48.6 Å². The van der Waals surface area contributed by atoms with Gasteiger partial charge in [-0.15, -0.1) is 0 Å². The third kappa shape index (κ3) is 82.9.